The van der Waals surface area contributed by atoms with Gasteiger partial charge in [0, 0.05) is 0 Å². The van der Waals surface area contributed by atoms with E-state index in [9.17, 15) is 8.78 Å². The molecule has 0 saturated carbocycles. The summed E-state index contributed by atoms with van der Waals surface area (Å²) in [6.07, 6.45) is 0.520. The quantitative estimate of drug-likeness (QED) is 0.686. The minimum atomic E-state index is -0.289. The second-order valence-electron chi connectivity index (χ2n) is 4.75. The molecular formula is C16H15ClF2. The van der Waals surface area contributed by atoms with Gasteiger partial charge in [-0.3, -0.25) is 0 Å². The van der Waals surface area contributed by atoms with E-state index in [4.69, 9.17) is 11.6 Å². The molecule has 0 aromatic heterocycles. The van der Waals surface area contributed by atoms with Gasteiger partial charge < -0.3 is 0 Å². The number of hydrogen-bond acceptors (Lipinski definition) is 0. The number of hydrogen-bond donors (Lipinski definition) is 0. The molecule has 0 nitrogen and oxygen atoms in total. The van der Waals surface area contributed by atoms with Crippen LogP contribution in [-0.4, -0.2) is 0 Å². The Balaban J connectivity index is 2.28. The van der Waals surface area contributed by atoms with Crippen LogP contribution in [0.25, 0.3) is 0 Å². The molecule has 0 aliphatic carbocycles. The lowest BCUT2D eigenvalue weighted by Crippen LogP contribution is -2.02. The molecule has 2 aromatic rings. The van der Waals surface area contributed by atoms with Gasteiger partial charge in [0.15, 0.2) is 0 Å². The molecule has 0 heterocycles. The molecule has 100 valence electrons. The fourth-order valence-corrected chi connectivity index (χ4v) is 2.91. The minimum Gasteiger partial charge on any atom is -0.207 e. The van der Waals surface area contributed by atoms with E-state index in [1.807, 2.05) is 19.9 Å². The highest BCUT2D eigenvalue weighted by Crippen LogP contribution is 2.31. The van der Waals surface area contributed by atoms with Gasteiger partial charge in [0.25, 0.3) is 0 Å². The molecule has 0 spiro atoms. The summed E-state index contributed by atoms with van der Waals surface area (Å²) < 4.78 is 26.4. The standard InChI is InChI=1S/C16H15ClF2/c1-10-6-14(19)7-11(2)16(10)15(17)9-12-4-3-5-13(18)8-12/h3-8,15H,9H2,1-2H3. The first-order valence-electron chi connectivity index (χ1n) is 6.12. The molecule has 2 aromatic carbocycles. The molecular weight excluding hydrogens is 266 g/mol. The van der Waals surface area contributed by atoms with E-state index < -0.39 is 0 Å². The highest BCUT2D eigenvalue weighted by atomic mass is 35.5. The molecule has 19 heavy (non-hydrogen) atoms. The van der Waals surface area contributed by atoms with Gasteiger partial charge in [-0.25, -0.2) is 8.78 Å². The summed E-state index contributed by atoms with van der Waals surface area (Å²) in [7, 11) is 0. The molecule has 0 N–H and O–H groups in total. The summed E-state index contributed by atoms with van der Waals surface area (Å²) in [5.74, 6) is -0.526. The van der Waals surface area contributed by atoms with Crippen LogP contribution in [0.5, 0.6) is 0 Å². The van der Waals surface area contributed by atoms with Crippen LogP contribution in [-0.2, 0) is 6.42 Å². The van der Waals surface area contributed by atoms with Gasteiger partial charge in [0.2, 0.25) is 0 Å². The van der Waals surface area contributed by atoms with E-state index in [1.165, 1.54) is 24.3 Å². The van der Waals surface area contributed by atoms with E-state index in [-0.39, 0.29) is 17.0 Å². The van der Waals surface area contributed by atoms with Crippen LogP contribution in [0.1, 0.15) is 27.6 Å². The van der Waals surface area contributed by atoms with Gasteiger partial charge in [-0.15, -0.1) is 11.6 Å². The summed E-state index contributed by atoms with van der Waals surface area (Å²) in [5.41, 5.74) is 3.42. The van der Waals surface area contributed by atoms with Crippen LogP contribution in [0.2, 0.25) is 0 Å². The van der Waals surface area contributed by atoms with Crippen molar-refractivity contribution in [3.63, 3.8) is 0 Å². The molecule has 2 rings (SSSR count). The predicted octanol–water partition coefficient (Wildman–Crippen LogP) is 5.10. The third-order valence-electron chi connectivity index (χ3n) is 3.18. The second-order valence-corrected chi connectivity index (χ2v) is 5.28. The Morgan fingerprint density at radius 3 is 2.21 bits per heavy atom. The van der Waals surface area contributed by atoms with E-state index in [2.05, 4.69) is 0 Å². The first-order chi connectivity index (χ1) is 8.97. The third kappa shape index (κ3) is 3.32. The topological polar surface area (TPSA) is 0 Å². The van der Waals surface area contributed by atoms with Gasteiger partial charge >= 0.3 is 0 Å². The molecule has 3 heteroatoms. The van der Waals surface area contributed by atoms with Crippen LogP contribution in [0.15, 0.2) is 36.4 Å². The molecule has 0 aliphatic heterocycles. The average Bonchev–Trinajstić information content (AvgIpc) is 2.27. The molecule has 1 atom stereocenters. The normalized spacial score (nSPS) is 12.5. The van der Waals surface area contributed by atoms with Crippen molar-refractivity contribution in [1.29, 1.82) is 0 Å². The number of benzene rings is 2. The van der Waals surface area contributed by atoms with Crippen molar-refractivity contribution in [2.75, 3.05) is 0 Å². The Hall–Kier alpha value is -1.41. The SMILES string of the molecule is Cc1cc(F)cc(C)c1C(Cl)Cc1cccc(F)c1. The molecule has 0 aliphatic rings. The van der Waals surface area contributed by atoms with Crippen LogP contribution in [0, 0.1) is 25.5 Å². The monoisotopic (exact) mass is 280 g/mol. The predicted molar refractivity (Wildman–Crippen MR) is 74.6 cm³/mol. The van der Waals surface area contributed by atoms with Crippen molar-refractivity contribution >= 4 is 11.6 Å². The van der Waals surface area contributed by atoms with E-state index in [0.29, 0.717) is 6.42 Å². The van der Waals surface area contributed by atoms with Crippen molar-refractivity contribution in [2.24, 2.45) is 0 Å². The number of rotatable bonds is 3. The average molecular weight is 281 g/mol. The van der Waals surface area contributed by atoms with Crippen LogP contribution < -0.4 is 0 Å². The fraction of sp³-hybridized carbons (Fsp3) is 0.250. The van der Waals surface area contributed by atoms with Crippen molar-refractivity contribution in [3.05, 3.63) is 70.3 Å². The second kappa shape index (κ2) is 5.70. The zero-order valence-corrected chi connectivity index (χ0v) is 11.6. The Morgan fingerprint density at radius 1 is 1.00 bits per heavy atom. The van der Waals surface area contributed by atoms with E-state index in [0.717, 1.165) is 22.3 Å². The maximum Gasteiger partial charge on any atom is 0.123 e. The van der Waals surface area contributed by atoms with Crippen molar-refractivity contribution < 1.29 is 8.78 Å². The molecule has 0 amide bonds. The summed E-state index contributed by atoms with van der Waals surface area (Å²) >= 11 is 6.41. The summed E-state index contributed by atoms with van der Waals surface area (Å²) in [6.45, 7) is 3.68. The molecule has 0 saturated heterocycles. The van der Waals surface area contributed by atoms with Crippen molar-refractivity contribution in [1.82, 2.24) is 0 Å². The first-order valence-corrected chi connectivity index (χ1v) is 6.56. The van der Waals surface area contributed by atoms with E-state index in [1.54, 1.807) is 6.07 Å². The Bertz CT molecular complexity index is 570. The first kappa shape index (κ1) is 14.0. The summed E-state index contributed by atoms with van der Waals surface area (Å²) in [6, 6.07) is 9.34. The van der Waals surface area contributed by atoms with Gasteiger partial charge in [0.1, 0.15) is 11.6 Å². The fourth-order valence-electron chi connectivity index (χ4n) is 2.39. The Morgan fingerprint density at radius 2 is 1.63 bits per heavy atom. The summed E-state index contributed by atoms with van der Waals surface area (Å²) in [5, 5.41) is -0.289. The maximum atomic E-state index is 13.3. The minimum absolute atomic E-state index is 0.256. The van der Waals surface area contributed by atoms with Crippen LogP contribution in [0.4, 0.5) is 8.78 Å². The van der Waals surface area contributed by atoms with Crippen molar-refractivity contribution in [3.8, 4) is 0 Å². The Labute approximate surface area is 117 Å². The van der Waals surface area contributed by atoms with Gasteiger partial charge in [-0.05, 0) is 66.8 Å². The van der Waals surface area contributed by atoms with Crippen LogP contribution in [0.3, 0.4) is 0 Å². The van der Waals surface area contributed by atoms with Crippen LogP contribution >= 0.6 is 11.6 Å². The molecule has 0 radical (unpaired) electrons. The largest absolute Gasteiger partial charge is 0.207 e. The van der Waals surface area contributed by atoms with Gasteiger partial charge in [-0.2, -0.15) is 0 Å². The maximum absolute atomic E-state index is 13.3. The number of aryl methyl sites for hydroxylation is 2. The molecule has 1 unspecified atom stereocenters. The summed E-state index contributed by atoms with van der Waals surface area (Å²) in [4.78, 5) is 0. The highest BCUT2D eigenvalue weighted by molar-refractivity contribution is 6.21. The highest BCUT2D eigenvalue weighted by Gasteiger charge is 2.15. The van der Waals surface area contributed by atoms with Gasteiger partial charge in [-0.1, -0.05) is 12.1 Å². The van der Waals surface area contributed by atoms with Crippen molar-refractivity contribution in [2.45, 2.75) is 25.6 Å². The molecule has 0 bridgehead atoms. The van der Waals surface area contributed by atoms with E-state index >= 15 is 0 Å². The Kier molecular flexibility index (Phi) is 4.20. The molecule has 0 fully saturated rings. The zero-order valence-electron chi connectivity index (χ0n) is 10.9. The lowest BCUT2D eigenvalue weighted by atomic mass is 9.95. The smallest absolute Gasteiger partial charge is 0.123 e. The lowest BCUT2D eigenvalue weighted by Gasteiger charge is -2.16. The van der Waals surface area contributed by atoms with Gasteiger partial charge in [0.05, 0.1) is 5.38 Å². The number of alkyl halides is 1. The number of halogens is 3. The lowest BCUT2D eigenvalue weighted by molar-refractivity contribution is 0.623. The third-order valence-corrected chi connectivity index (χ3v) is 3.55. The zero-order chi connectivity index (χ0) is 14.0.